The molecule has 0 aromatic heterocycles. The molecule has 1 amide bonds. The molecule has 23 heavy (non-hydrogen) atoms. The van der Waals surface area contributed by atoms with Crippen LogP contribution in [0.15, 0.2) is 48.5 Å². The summed E-state index contributed by atoms with van der Waals surface area (Å²) in [5, 5.41) is 2.30. The van der Waals surface area contributed by atoms with Crippen LogP contribution in [0.25, 0.3) is 0 Å². The molecule has 2 N–H and O–H groups in total. The van der Waals surface area contributed by atoms with Crippen molar-refractivity contribution in [1.82, 2.24) is 0 Å². The van der Waals surface area contributed by atoms with Gasteiger partial charge in [0.25, 0.3) is 0 Å². The number of carbonyl (C=O) groups is 1. The number of likely N-dealkylation sites (N-methyl/N-ethyl adjacent to an activating group) is 1. The summed E-state index contributed by atoms with van der Waals surface area (Å²) >= 11 is 0. The van der Waals surface area contributed by atoms with Gasteiger partial charge < -0.3 is 15.0 Å². The number of nitrogens with two attached hydrogens (primary N) is 1. The molecule has 0 unspecified atom stereocenters. The van der Waals surface area contributed by atoms with E-state index in [1.54, 1.807) is 7.11 Å². The number of amides is 1. The highest BCUT2D eigenvalue weighted by molar-refractivity contribution is 6.08. The van der Waals surface area contributed by atoms with Crippen molar-refractivity contribution in [2.24, 2.45) is 0 Å². The molecular formula is C19H21N2O2+. The molecular weight excluding hydrogens is 288 g/mol. The van der Waals surface area contributed by atoms with Crippen molar-refractivity contribution < 1.29 is 14.8 Å². The summed E-state index contributed by atoms with van der Waals surface area (Å²) < 4.78 is 5.26. The molecule has 2 aromatic carbocycles. The third kappa shape index (κ3) is 1.85. The van der Waals surface area contributed by atoms with E-state index in [2.05, 4.69) is 23.5 Å². The van der Waals surface area contributed by atoms with Gasteiger partial charge in [-0.3, -0.25) is 4.79 Å². The van der Waals surface area contributed by atoms with Gasteiger partial charge in [0.1, 0.15) is 17.2 Å². The Kier molecular flexibility index (Phi) is 3.16. The molecule has 0 aliphatic carbocycles. The lowest BCUT2D eigenvalue weighted by atomic mass is 9.73. The first-order chi connectivity index (χ1) is 11.2. The number of anilines is 1. The zero-order valence-corrected chi connectivity index (χ0v) is 13.5. The van der Waals surface area contributed by atoms with Crippen molar-refractivity contribution in [1.29, 1.82) is 0 Å². The Hall–Kier alpha value is -2.33. The summed E-state index contributed by atoms with van der Waals surface area (Å²) in [7, 11) is 3.56. The van der Waals surface area contributed by atoms with E-state index in [-0.39, 0.29) is 11.9 Å². The molecule has 0 bridgehead atoms. The number of nitrogens with zero attached hydrogens (tertiary/aromatic N) is 1. The Morgan fingerprint density at radius 2 is 1.91 bits per heavy atom. The Morgan fingerprint density at radius 3 is 2.65 bits per heavy atom. The molecule has 118 valence electrons. The van der Waals surface area contributed by atoms with Gasteiger partial charge in [0.2, 0.25) is 5.91 Å². The molecule has 2 aliphatic heterocycles. The predicted molar refractivity (Wildman–Crippen MR) is 88.7 cm³/mol. The molecule has 0 radical (unpaired) electrons. The van der Waals surface area contributed by atoms with Gasteiger partial charge in [0.05, 0.1) is 13.7 Å². The van der Waals surface area contributed by atoms with E-state index in [4.69, 9.17) is 4.74 Å². The highest BCUT2D eigenvalue weighted by atomic mass is 16.5. The van der Waals surface area contributed by atoms with Crippen LogP contribution in [0, 0.1) is 0 Å². The minimum absolute atomic E-state index is 0.118. The summed E-state index contributed by atoms with van der Waals surface area (Å²) in [6.45, 7) is 0.963. The third-order valence-corrected chi connectivity index (χ3v) is 5.38. The fourth-order valence-corrected chi connectivity index (χ4v) is 4.28. The first-order valence-electron chi connectivity index (χ1n) is 8.03. The highest BCUT2D eigenvalue weighted by Gasteiger charge is 2.60. The van der Waals surface area contributed by atoms with E-state index in [1.807, 2.05) is 42.3 Å². The molecule has 2 aromatic rings. The maximum absolute atomic E-state index is 13.2. The number of carbonyl (C=O) groups excluding carboxylic acids is 1. The smallest absolute Gasteiger partial charge is 0.244 e. The topological polar surface area (TPSA) is 46.1 Å². The molecule has 1 fully saturated rings. The van der Waals surface area contributed by atoms with Gasteiger partial charge >= 0.3 is 0 Å². The van der Waals surface area contributed by atoms with Crippen LogP contribution in [0.3, 0.4) is 0 Å². The molecule has 2 aliphatic rings. The van der Waals surface area contributed by atoms with Crippen LogP contribution in [0.2, 0.25) is 0 Å². The summed E-state index contributed by atoms with van der Waals surface area (Å²) in [5.74, 6) is 1.06. The quantitative estimate of drug-likeness (QED) is 0.916. The van der Waals surface area contributed by atoms with Crippen LogP contribution in [0.1, 0.15) is 23.6 Å². The first kappa shape index (κ1) is 14.3. The maximum atomic E-state index is 13.2. The SMILES string of the molecule is COc1ccc([C@@H]2[NH2+]CC[C@]23C(=O)N(C)c2ccccc23)cc1. The van der Waals surface area contributed by atoms with Gasteiger partial charge in [-0.2, -0.15) is 0 Å². The van der Waals surface area contributed by atoms with Crippen molar-refractivity contribution in [3.8, 4) is 5.75 Å². The maximum Gasteiger partial charge on any atom is 0.244 e. The summed E-state index contributed by atoms with van der Waals surface area (Å²) in [4.78, 5) is 15.0. The summed E-state index contributed by atoms with van der Waals surface area (Å²) in [6, 6.07) is 16.4. The second-order valence-corrected chi connectivity index (χ2v) is 6.38. The number of fused-ring (bicyclic) bond motifs is 2. The fourth-order valence-electron chi connectivity index (χ4n) is 4.28. The van der Waals surface area contributed by atoms with E-state index in [9.17, 15) is 4.79 Å². The standard InChI is InChI=1S/C19H20N2O2/c1-21-16-6-4-3-5-15(16)19(18(21)22)11-12-20-17(19)13-7-9-14(23-2)10-8-13/h3-10,17,20H,11-12H2,1-2H3/p+1/t17-,19+/m0/s1. The molecule has 1 spiro atoms. The average Bonchev–Trinajstić information content (AvgIpc) is 3.13. The van der Waals surface area contributed by atoms with Crippen LogP contribution < -0.4 is 15.0 Å². The van der Waals surface area contributed by atoms with Crippen LogP contribution in [-0.2, 0) is 10.2 Å². The monoisotopic (exact) mass is 309 g/mol. The van der Waals surface area contributed by atoms with Crippen LogP contribution >= 0.6 is 0 Å². The van der Waals surface area contributed by atoms with Gasteiger partial charge in [0.15, 0.2) is 0 Å². The second kappa shape index (κ2) is 5.10. The molecule has 4 heteroatoms. The molecule has 4 nitrogen and oxygen atoms in total. The molecule has 2 heterocycles. The Morgan fingerprint density at radius 1 is 1.17 bits per heavy atom. The summed E-state index contributed by atoms with van der Waals surface area (Å²) in [6.07, 6.45) is 0.879. The Labute approximate surface area is 136 Å². The number of hydrogen-bond donors (Lipinski definition) is 1. The van der Waals surface area contributed by atoms with Gasteiger partial charge in [-0.1, -0.05) is 18.2 Å². The lowest BCUT2D eigenvalue weighted by Crippen LogP contribution is -2.83. The van der Waals surface area contributed by atoms with Crippen molar-refractivity contribution in [3.05, 3.63) is 59.7 Å². The number of benzene rings is 2. The van der Waals surface area contributed by atoms with Crippen LogP contribution in [0.5, 0.6) is 5.75 Å². The van der Waals surface area contributed by atoms with Gasteiger partial charge in [0, 0.05) is 24.7 Å². The van der Waals surface area contributed by atoms with Crippen molar-refractivity contribution in [2.75, 3.05) is 25.6 Å². The average molecular weight is 309 g/mol. The third-order valence-electron chi connectivity index (χ3n) is 5.38. The highest BCUT2D eigenvalue weighted by Crippen LogP contribution is 2.50. The van der Waals surface area contributed by atoms with E-state index in [0.29, 0.717) is 0 Å². The zero-order valence-electron chi connectivity index (χ0n) is 13.5. The predicted octanol–water partition coefficient (Wildman–Crippen LogP) is 1.62. The van der Waals surface area contributed by atoms with Crippen molar-refractivity contribution in [3.63, 3.8) is 0 Å². The van der Waals surface area contributed by atoms with E-state index in [1.165, 1.54) is 11.1 Å². The lowest BCUT2D eigenvalue weighted by molar-refractivity contribution is -0.679. The van der Waals surface area contributed by atoms with E-state index >= 15 is 0 Å². The normalized spacial score (nSPS) is 25.9. The van der Waals surface area contributed by atoms with Gasteiger partial charge in [-0.05, 0) is 35.9 Å². The van der Waals surface area contributed by atoms with Crippen LogP contribution in [-0.4, -0.2) is 26.6 Å². The molecule has 0 saturated carbocycles. The van der Waals surface area contributed by atoms with Gasteiger partial charge in [-0.15, -0.1) is 0 Å². The number of rotatable bonds is 2. The second-order valence-electron chi connectivity index (χ2n) is 6.38. The minimum atomic E-state index is -0.445. The largest absolute Gasteiger partial charge is 0.497 e. The Bertz CT molecular complexity index is 756. The van der Waals surface area contributed by atoms with Crippen molar-refractivity contribution in [2.45, 2.75) is 17.9 Å². The minimum Gasteiger partial charge on any atom is -0.497 e. The van der Waals surface area contributed by atoms with Gasteiger partial charge in [-0.25, -0.2) is 0 Å². The molecule has 1 saturated heterocycles. The number of ether oxygens (including phenoxy) is 1. The molecule has 2 atom stereocenters. The van der Waals surface area contributed by atoms with Crippen molar-refractivity contribution >= 4 is 11.6 Å². The fraction of sp³-hybridized carbons (Fsp3) is 0.316. The van der Waals surface area contributed by atoms with E-state index in [0.717, 1.165) is 24.4 Å². The number of para-hydroxylation sites is 1. The lowest BCUT2D eigenvalue weighted by Gasteiger charge is -2.27. The summed E-state index contributed by atoms with van der Waals surface area (Å²) in [5.41, 5.74) is 2.95. The number of methoxy groups -OCH3 is 1. The zero-order chi connectivity index (χ0) is 16.0. The van der Waals surface area contributed by atoms with Crippen LogP contribution in [0.4, 0.5) is 5.69 Å². The first-order valence-corrected chi connectivity index (χ1v) is 8.03. The molecule has 4 rings (SSSR count). The Balaban J connectivity index is 1.84. The van der Waals surface area contributed by atoms with E-state index < -0.39 is 5.41 Å². The number of hydrogen-bond acceptors (Lipinski definition) is 2. The number of quaternary nitrogens is 1.